The van der Waals surface area contributed by atoms with Crippen molar-refractivity contribution in [2.75, 3.05) is 30.1 Å². The third-order valence-corrected chi connectivity index (χ3v) is 8.23. The van der Waals surface area contributed by atoms with Gasteiger partial charge in [0.05, 0.1) is 12.2 Å². The van der Waals surface area contributed by atoms with Crippen molar-refractivity contribution < 1.29 is 14.7 Å². The topological polar surface area (TPSA) is 49.8 Å². The Kier molecular flexibility index (Phi) is 11.5. The lowest BCUT2D eigenvalue weighted by molar-refractivity contribution is -0.159. The molecule has 0 aromatic heterocycles. The number of unbranched alkanes of at least 4 members (excludes halogenated alkanes) is 4. The van der Waals surface area contributed by atoms with Gasteiger partial charge in [-0.3, -0.25) is 10.0 Å². The minimum absolute atomic E-state index is 0.186. The second-order valence-electron chi connectivity index (χ2n) is 8.03. The summed E-state index contributed by atoms with van der Waals surface area (Å²) < 4.78 is 6.25. The lowest BCUT2D eigenvalue weighted by atomic mass is 9.79. The second-order valence-corrected chi connectivity index (χ2v) is 10.4. The molecule has 1 amide bonds. The maximum atomic E-state index is 11.3. The molecular weight excluding hydrogens is 378 g/mol. The molecule has 2 saturated heterocycles. The van der Waals surface area contributed by atoms with Gasteiger partial charge in [-0.1, -0.05) is 26.2 Å². The van der Waals surface area contributed by atoms with Crippen LogP contribution in [0, 0.1) is 11.8 Å². The third-order valence-electron chi connectivity index (χ3n) is 5.93. The molecule has 0 spiro atoms. The molecule has 0 aliphatic carbocycles. The van der Waals surface area contributed by atoms with Crippen molar-refractivity contribution in [3.8, 4) is 0 Å². The summed E-state index contributed by atoms with van der Waals surface area (Å²) in [6.07, 6.45) is 12.7. The van der Waals surface area contributed by atoms with Gasteiger partial charge in [-0.25, -0.2) is 5.06 Å². The zero-order valence-electron chi connectivity index (χ0n) is 17.2. The number of fused-ring (bicyclic) bond motifs is 2. The average Bonchev–Trinajstić information content (AvgIpc) is 3.25. The highest BCUT2D eigenvalue weighted by atomic mass is 32.2. The standard InChI is InChI=1S/C21H39NO3S2/c1-3-4-5-7-14-27-16-18-17(19-10-11-20(18)25-19)12-15-26-13-8-6-9-21(23)22(2)24/h17-20,24H,3-16H2,1-2H3. The van der Waals surface area contributed by atoms with E-state index in [1.807, 2.05) is 11.8 Å². The Labute approximate surface area is 174 Å². The van der Waals surface area contributed by atoms with E-state index in [1.165, 1.54) is 69.3 Å². The molecule has 2 aliphatic heterocycles. The van der Waals surface area contributed by atoms with Gasteiger partial charge in [0.1, 0.15) is 0 Å². The van der Waals surface area contributed by atoms with Gasteiger partial charge in [-0.2, -0.15) is 23.5 Å². The van der Waals surface area contributed by atoms with Crippen LogP contribution in [0.4, 0.5) is 0 Å². The SMILES string of the molecule is CCCCCCSCC1C2CCC(O2)C1CCSCCCCC(=O)N(C)O. The lowest BCUT2D eigenvalue weighted by Crippen LogP contribution is -2.29. The van der Waals surface area contributed by atoms with Crippen molar-refractivity contribution in [3.63, 3.8) is 0 Å². The number of hydrogen-bond donors (Lipinski definition) is 1. The van der Waals surface area contributed by atoms with Gasteiger partial charge in [0, 0.05) is 13.5 Å². The lowest BCUT2D eigenvalue weighted by Gasteiger charge is -2.27. The summed E-state index contributed by atoms with van der Waals surface area (Å²) in [4.78, 5) is 11.3. The Balaban J connectivity index is 1.55. The van der Waals surface area contributed by atoms with Crippen molar-refractivity contribution in [3.05, 3.63) is 0 Å². The number of carbonyl (C=O) groups excluding carboxylic acids is 1. The first-order valence-corrected chi connectivity index (χ1v) is 13.2. The van der Waals surface area contributed by atoms with Crippen LogP contribution in [0.5, 0.6) is 0 Å². The fourth-order valence-electron chi connectivity index (χ4n) is 4.32. The van der Waals surface area contributed by atoms with Gasteiger partial charge in [0.15, 0.2) is 0 Å². The Morgan fingerprint density at radius 1 is 1.00 bits per heavy atom. The van der Waals surface area contributed by atoms with E-state index in [-0.39, 0.29) is 5.91 Å². The molecule has 2 aliphatic rings. The van der Waals surface area contributed by atoms with E-state index in [0.29, 0.717) is 23.7 Å². The highest BCUT2D eigenvalue weighted by Crippen LogP contribution is 2.46. The van der Waals surface area contributed by atoms with Crippen molar-refractivity contribution in [1.82, 2.24) is 5.06 Å². The van der Waals surface area contributed by atoms with Gasteiger partial charge >= 0.3 is 0 Å². The van der Waals surface area contributed by atoms with Crippen LogP contribution < -0.4 is 0 Å². The van der Waals surface area contributed by atoms with E-state index in [0.717, 1.165) is 30.4 Å². The average molecular weight is 418 g/mol. The Morgan fingerprint density at radius 2 is 1.70 bits per heavy atom. The largest absolute Gasteiger partial charge is 0.374 e. The fraction of sp³-hybridized carbons (Fsp3) is 0.952. The minimum Gasteiger partial charge on any atom is -0.374 e. The summed E-state index contributed by atoms with van der Waals surface area (Å²) in [5.41, 5.74) is 0. The molecule has 0 aromatic carbocycles. The molecule has 2 bridgehead atoms. The number of hydrogen-bond acceptors (Lipinski definition) is 5. The molecule has 158 valence electrons. The van der Waals surface area contributed by atoms with Crippen LogP contribution in [0.25, 0.3) is 0 Å². The van der Waals surface area contributed by atoms with Crippen LogP contribution in [-0.2, 0) is 9.53 Å². The van der Waals surface area contributed by atoms with Crippen LogP contribution in [0.3, 0.4) is 0 Å². The van der Waals surface area contributed by atoms with Gasteiger partial charge in [0.2, 0.25) is 5.91 Å². The summed E-state index contributed by atoms with van der Waals surface area (Å²) in [6, 6.07) is 0. The van der Waals surface area contributed by atoms with Crippen molar-refractivity contribution in [2.45, 2.75) is 83.3 Å². The highest BCUT2D eigenvalue weighted by molar-refractivity contribution is 7.99. The van der Waals surface area contributed by atoms with Gasteiger partial charge < -0.3 is 4.74 Å². The number of carbonyl (C=O) groups is 1. The van der Waals surface area contributed by atoms with E-state index in [9.17, 15) is 4.79 Å². The number of rotatable bonds is 15. The summed E-state index contributed by atoms with van der Waals surface area (Å²) in [6.45, 7) is 2.27. The van der Waals surface area contributed by atoms with Crippen LogP contribution in [0.1, 0.15) is 71.1 Å². The maximum absolute atomic E-state index is 11.3. The zero-order chi connectivity index (χ0) is 19.5. The molecule has 2 fully saturated rings. The van der Waals surface area contributed by atoms with Crippen molar-refractivity contribution >= 4 is 29.4 Å². The molecule has 1 N–H and O–H groups in total. The molecule has 0 saturated carbocycles. The normalized spacial score (nSPS) is 26.6. The predicted octanol–water partition coefficient (Wildman–Crippen LogP) is 5.23. The Morgan fingerprint density at radius 3 is 2.44 bits per heavy atom. The van der Waals surface area contributed by atoms with Crippen LogP contribution in [0.15, 0.2) is 0 Å². The predicted molar refractivity (Wildman–Crippen MR) is 117 cm³/mol. The highest BCUT2D eigenvalue weighted by Gasteiger charge is 2.47. The molecule has 0 radical (unpaired) electrons. The number of hydroxylamine groups is 2. The van der Waals surface area contributed by atoms with Gasteiger partial charge in [-0.15, -0.1) is 0 Å². The summed E-state index contributed by atoms with van der Waals surface area (Å²) in [5, 5.41) is 9.74. The summed E-state index contributed by atoms with van der Waals surface area (Å²) in [5.74, 6) is 6.29. The van der Waals surface area contributed by atoms with E-state index in [4.69, 9.17) is 9.94 Å². The molecule has 4 unspecified atom stereocenters. The van der Waals surface area contributed by atoms with Crippen molar-refractivity contribution in [1.29, 1.82) is 0 Å². The van der Waals surface area contributed by atoms with Crippen molar-refractivity contribution in [2.24, 2.45) is 11.8 Å². The molecule has 6 heteroatoms. The number of ether oxygens (including phenoxy) is 1. The summed E-state index contributed by atoms with van der Waals surface area (Å²) in [7, 11) is 1.40. The molecule has 27 heavy (non-hydrogen) atoms. The maximum Gasteiger partial charge on any atom is 0.245 e. The van der Waals surface area contributed by atoms with Gasteiger partial charge in [0.25, 0.3) is 0 Å². The molecule has 2 rings (SSSR count). The monoisotopic (exact) mass is 417 g/mol. The molecule has 4 atom stereocenters. The van der Waals surface area contributed by atoms with Crippen LogP contribution in [-0.4, -0.2) is 58.4 Å². The minimum atomic E-state index is -0.186. The molecular formula is C21H39NO3S2. The summed E-state index contributed by atoms with van der Waals surface area (Å²) >= 11 is 4.17. The van der Waals surface area contributed by atoms with E-state index in [2.05, 4.69) is 18.7 Å². The number of amides is 1. The first-order valence-electron chi connectivity index (χ1n) is 10.9. The third kappa shape index (κ3) is 8.15. The smallest absolute Gasteiger partial charge is 0.245 e. The first kappa shape index (κ1) is 23.4. The van der Waals surface area contributed by atoms with Crippen LogP contribution >= 0.6 is 23.5 Å². The number of nitrogens with zero attached hydrogens (tertiary/aromatic N) is 1. The molecule has 4 nitrogen and oxygen atoms in total. The van der Waals surface area contributed by atoms with Crippen LogP contribution in [0.2, 0.25) is 0 Å². The molecule has 2 heterocycles. The second kappa shape index (κ2) is 13.3. The van der Waals surface area contributed by atoms with E-state index in [1.54, 1.807) is 0 Å². The zero-order valence-corrected chi connectivity index (χ0v) is 18.9. The van der Waals surface area contributed by atoms with Gasteiger partial charge in [-0.05, 0) is 73.4 Å². The quantitative estimate of drug-likeness (QED) is 0.224. The Hall–Kier alpha value is 0.0900. The fourth-order valence-corrected chi connectivity index (χ4v) is 6.68. The Bertz CT molecular complexity index is 422. The van der Waals surface area contributed by atoms with E-state index >= 15 is 0 Å². The number of thioether (sulfide) groups is 2. The molecule has 0 aromatic rings. The van der Waals surface area contributed by atoms with E-state index < -0.39 is 0 Å². The first-order chi connectivity index (χ1) is 13.1.